The van der Waals surface area contributed by atoms with Gasteiger partial charge in [-0.05, 0) is 18.9 Å². The minimum absolute atomic E-state index is 0.0729. The van der Waals surface area contributed by atoms with Gasteiger partial charge in [0.15, 0.2) is 0 Å². The second-order valence-electron chi connectivity index (χ2n) is 4.94. The SMILES string of the molecule is C=CC(=O)NCCC[N+](C)(C)CCCCC. The van der Waals surface area contributed by atoms with E-state index >= 15 is 0 Å². The van der Waals surface area contributed by atoms with Crippen molar-refractivity contribution >= 4 is 5.91 Å². The summed E-state index contributed by atoms with van der Waals surface area (Å²) in [6.45, 7) is 8.74. The summed E-state index contributed by atoms with van der Waals surface area (Å²) in [6.07, 6.45) is 6.23. The molecule has 94 valence electrons. The molecule has 3 nitrogen and oxygen atoms in total. The van der Waals surface area contributed by atoms with Gasteiger partial charge in [0.05, 0.1) is 27.2 Å². The molecule has 0 bridgehead atoms. The van der Waals surface area contributed by atoms with E-state index in [0.717, 1.165) is 24.0 Å². The van der Waals surface area contributed by atoms with Crippen molar-refractivity contribution in [3.8, 4) is 0 Å². The van der Waals surface area contributed by atoms with E-state index in [1.54, 1.807) is 0 Å². The molecule has 0 saturated heterocycles. The third-order valence-electron chi connectivity index (χ3n) is 2.79. The molecule has 1 amide bonds. The molecule has 0 aliphatic rings. The third kappa shape index (κ3) is 8.48. The molecule has 0 fully saturated rings. The minimum Gasteiger partial charge on any atom is -0.352 e. The van der Waals surface area contributed by atoms with Crippen LogP contribution < -0.4 is 5.32 Å². The van der Waals surface area contributed by atoms with Crippen LogP contribution in [0.5, 0.6) is 0 Å². The van der Waals surface area contributed by atoms with Gasteiger partial charge in [-0.3, -0.25) is 4.79 Å². The van der Waals surface area contributed by atoms with E-state index in [-0.39, 0.29) is 5.91 Å². The fourth-order valence-corrected chi connectivity index (χ4v) is 1.69. The van der Waals surface area contributed by atoms with Gasteiger partial charge in [-0.25, -0.2) is 0 Å². The molecule has 0 saturated carbocycles. The van der Waals surface area contributed by atoms with Crippen molar-refractivity contribution in [1.29, 1.82) is 0 Å². The number of nitrogens with zero attached hydrogens (tertiary/aromatic N) is 1. The van der Waals surface area contributed by atoms with Gasteiger partial charge in [0.1, 0.15) is 0 Å². The second-order valence-corrected chi connectivity index (χ2v) is 4.94. The van der Waals surface area contributed by atoms with Gasteiger partial charge in [-0.1, -0.05) is 19.9 Å². The Morgan fingerprint density at radius 1 is 1.25 bits per heavy atom. The highest BCUT2D eigenvalue weighted by atomic mass is 16.1. The van der Waals surface area contributed by atoms with E-state index in [0.29, 0.717) is 0 Å². The summed E-state index contributed by atoms with van der Waals surface area (Å²) in [5.41, 5.74) is 0. The Bertz CT molecular complexity index is 212. The Labute approximate surface area is 100 Å². The van der Waals surface area contributed by atoms with E-state index in [9.17, 15) is 4.79 Å². The summed E-state index contributed by atoms with van der Waals surface area (Å²) in [6, 6.07) is 0. The van der Waals surface area contributed by atoms with Crippen molar-refractivity contribution in [3.63, 3.8) is 0 Å². The topological polar surface area (TPSA) is 29.1 Å². The van der Waals surface area contributed by atoms with Crippen LogP contribution in [0.1, 0.15) is 32.6 Å². The van der Waals surface area contributed by atoms with E-state index in [1.807, 2.05) is 0 Å². The largest absolute Gasteiger partial charge is 0.352 e. The van der Waals surface area contributed by atoms with Crippen LogP contribution in [-0.2, 0) is 4.79 Å². The molecular weight excluding hydrogens is 200 g/mol. The number of carbonyl (C=O) groups excluding carboxylic acids is 1. The number of hydrogen-bond donors (Lipinski definition) is 1. The van der Waals surface area contributed by atoms with Gasteiger partial charge in [0.2, 0.25) is 5.91 Å². The lowest BCUT2D eigenvalue weighted by Crippen LogP contribution is -2.42. The van der Waals surface area contributed by atoms with Crippen LogP contribution >= 0.6 is 0 Å². The smallest absolute Gasteiger partial charge is 0.243 e. The van der Waals surface area contributed by atoms with Gasteiger partial charge < -0.3 is 9.80 Å². The van der Waals surface area contributed by atoms with Crippen LogP contribution in [-0.4, -0.2) is 44.1 Å². The fraction of sp³-hybridized carbons (Fsp3) is 0.769. The molecule has 0 radical (unpaired) electrons. The van der Waals surface area contributed by atoms with Crippen LogP contribution in [0.25, 0.3) is 0 Å². The van der Waals surface area contributed by atoms with Gasteiger partial charge in [0.25, 0.3) is 0 Å². The van der Waals surface area contributed by atoms with Crippen LogP contribution in [0.15, 0.2) is 12.7 Å². The van der Waals surface area contributed by atoms with Crippen molar-refractivity contribution < 1.29 is 9.28 Å². The zero-order valence-corrected chi connectivity index (χ0v) is 11.1. The zero-order chi connectivity index (χ0) is 12.4. The molecule has 0 aliphatic carbocycles. The molecule has 0 aliphatic heterocycles. The number of unbranched alkanes of at least 4 members (excludes halogenated alkanes) is 2. The summed E-state index contributed by atoms with van der Waals surface area (Å²) in [5.74, 6) is -0.0729. The average Bonchev–Trinajstić information content (AvgIpc) is 2.24. The molecule has 1 N–H and O–H groups in total. The maximum Gasteiger partial charge on any atom is 0.243 e. The molecule has 0 spiro atoms. The van der Waals surface area contributed by atoms with Crippen LogP contribution in [0.3, 0.4) is 0 Å². The Kier molecular flexibility index (Phi) is 7.90. The lowest BCUT2D eigenvalue weighted by Gasteiger charge is -2.29. The Balaban J connectivity index is 3.56. The van der Waals surface area contributed by atoms with Crippen molar-refractivity contribution in [2.75, 3.05) is 33.7 Å². The summed E-state index contributed by atoms with van der Waals surface area (Å²) < 4.78 is 1.05. The number of hydrogen-bond acceptors (Lipinski definition) is 1. The van der Waals surface area contributed by atoms with Crippen molar-refractivity contribution in [2.24, 2.45) is 0 Å². The molecule has 0 atom stereocenters. The number of quaternary nitrogens is 1. The van der Waals surface area contributed by atoms with Gasteiger partial charge in [0, 0.05) is 13.0 Å². The molecule has 0 unspecified atom stereocenters. The summed E-state index contributed by atoms with van der Waals surface area (Å²) in [5, 5.41) is 2.81. The first-order valence-electron chi connectivity index (χ1n) is 6.24. The highest BCUT2D eigenvalue weighted by Gasteiger charge is 2.13. The number of rotatable bonds is 9. The van der Waals surface area contributed by atoms with E-state index in [4.69, 9.17) is 0 Å². The first kappa shape index (κ1) is 15.2. The average molecular weight is 227 g/mol. The predicted octanol–water partition coefficient (Wildman–Crippen LogP) is 1.95. The zero-order valence-electron chi connectivity index (χ0n) is 11.1. The third-order valence-corrected chi connectivity index (χ3v) is 2.79. The minimum atomic E-state index is -0.0729. The number of nitrogens with one attached hydrogen (secondary N) is 1. The quantitative estimate of drug-likeness (QED) is 0.364. The predicted molar refractivity (Wildman–Crippen MR) is 69.2 cm³/mol. The highest BCUT2D eigenvalue weighted by molar-refractivity contribution is 5.86. The van der Waals surface area contributed by atoms with E-state index < -0.39 is 0 Å². The maximum absolute atomic E-state index is 10.9. The summed E-state index contributed by atoms with van der Waals surface area (Å²) in [7, 11) is 4.51. The molecule has 16 heavy (non-hydrogen) atoms. The summed E-state index contributed by atoms with van der Waals surface area (Å²) in [4.78, 5) is 10.9. The number of amides is 1. The van der Waals surface area contributed by atoms with Crippen molar-refractivity contribution in [2.45, 2.75) is 32.6 Å². The fourth-order valence-electron chi connectivity index (χ4n) is 1.69. The highest BCUT2D eigenvalue weighted by Crippen LogP contribution is 2.04. The Hall–Kier alpha value is -0.830. The van der Waals surface area contributed by atoms with Crippen molar-refractivity contribution in [1.82, 2.24) is 5.32 Å². The standard InChI is InChI=1S/C13H26N2O/c1-5-7-8-11-15(3,4)12-9-10-14-13(16)6-2/h6H,2,5,7-12H2,1,3-4H3/p+1. The Morgan fingerprint density at radius 2 is 1.88 bits per heavy atom. The van der Waals surface area contributed by atoms with E-state index in [1.165, 1.54) is 31.9 Å². The maximum atomic E-state index is 10.9. The second kappa shape index (κ2) is 8.34. The van der Waals surface area contributed by atoms with Gasteiger partial charge >= 0.3 is 0 Å². The van der Waals surface area contributed by atoms with Crippen LogP contribution in [0, 0.1) is 0 Å². The van der Waals surface area contributed by atoms with E-state index in [2.05, 4.69) is 32.9 Å². The molecule has 0 aromatic rings. The molecule has 0 aromatic heterocycles. The van der Waals surface area contributed by atoms with Crippen LogP contribution in [0.2, 0.25) is 0 Å². The Morgan fingerprint density at radius 3 is 2.44 bits per heavy atom. The van der Waals surface area contributed by atoms with Crippen LogP contribution in [0.4, 0.5) is 0 Å². The molecule has 0 heterocycles. The molecular formula is C13H27N2O+. The first-order chi connectivity index (χ1) is 7.52. The summed E-state index contributed by atoms with van der Waals surface area (Å²) >= 11 is 0. The van der Waals surface area contributed by atoms with Crippen molar-refractivity contribution in [3.05, 3.63) is 12.7 Å². The lowest BCUT2D eigenvalue weighted by molar-refractivity contribution is -0.890. The molecule has 3 heteroatoms. The number of carbonyl (C=O) groups is 1. The molecule has 0 aromatic carbocycles. The lowest BCUT2D eigenvalue weighted by atomic mass is 10.2. The normalized spacial score (nSPS) is 11.2. The van der Waals surface area contributed by atoms with Gasteiger partial charge in [-0.15, -0.1) is 0 Å². The monoisotopic (exact) mass is 227 g/mol. The molecule has 0 rings (SSSR count). The first-order valence-corrected chi connectivity index (χ1v) is 6.24. The van der Waals surface area contributed by atoms with Gasteiger partial charge in [-0.2, -0.15) is 0 Å².